The fourth-order valence-electron chi connectivity index (χ4n) is 7.11. The molecule has 1 aliphatic heterocycles. The van der Waals surface area contributed by atoms with Crippen molar-refractivity contribution in [2.45, 2.75) is 51.0 Å². The number of hydrogen-bond donors (Lipinski definition) is 0. The van der Waals surface area contributed by atoms with E-state index in [2.05, 4.69) is 0 Å². The number of benzene rings is 1. The fraction of sp³-hybridized carbons (Fsp3) is 0.680. The van der Waals surface area contributed by atoms with Crippen LogP contribution in [0, 0.1) is 29.6 Å². The Morgan fingerprint density at radius 2 is 1.71 bits per heavy atom. The minimum absolute atomic E-state index is 0.00783. The third-order valence-electron chi connectivity index (χ3n) is 8.21. The lowest BCUT2D eigenvalue weighted by Gasteiger charge is -2.53. The largest absolute Gasteiger partial charge is 0.497 e. The monoisotopic (exact) mass is 427 g/mol. The first-order valence-corrected chi connectivity index (χ1v) is 11.8. The summed E-state index contributed by atoms with van der Waals surface area (Å²) < 4.78 is 16.6. The van der Waals surface area contributed by atoms with Gasteiger partial charge in [0, 0.05) is 12.1 Å². The number of carbonyl (C=O) groups excluding carboxylic acids is 2. The molecule has 31 heavy (non-hydrogen) atoms. The predicted octanol–water partition coefficient (Wildman–Crippen LogP) is 3.98. The Kier molecular flexibility index (Phi) is 5.57. The van der Waals surface area contributed by atoms with Gasteiger partial charge in [-0.15, -0.1) is 0 Å². The zero-order valence-corrected chi connectivity index (χ0v) is 18.5. The lowest BCUT2D eigenvalue weighted by atomic mass is 9.52. The van der Waals surface area contributed by atoms with Crippen molar-refractivity contribution in [3.63, 3.8) is 0 Å². The van der Waals surface area contributed by atoms with Gasteiger partial charge in [-0.05, 0) is 86.8 Å². The Morgan fingerprint density at radius 1 is 1.00 bits per heavy atom. The first-order valence-electron chi connectivity index (χ1n) is 11.8. The summed E-state index contributed by atoms with van der Waals surface area (Å²) in [7, 11) is 3.27. The zero-order chi connectivity index (χ0) is 21.5. The van der Waals surface area contributed by atoms with Gasteiger partial charge in [-0.2, -0.15) is 0 Å². The molecule has 6 nitrogen and oxygen atoms in total. The average molecular weight is 428 g/mol. The minimum atomic E-state index is -0.162. The molecule has 1 saturated heterocycles. The van der Waals surface area contributed by atoms with E-state index in [1.807, 2.05) is 23.1 Å². The number of hydrogen-bond acceptors (Lipinski definition) is 5. The molecular formula is C25H33NO5. The summed E-state index contributed by atoms with van der Waals surface area (Å²) in [5.74, 6) is 3.81. The van der Waals surface area contributed by atoms with Crippen molar-refractivity contribution in [3.05, 3.63) is 23.8 Å². The van der Waals surface area contributed by atoms with Crippen LogP contribution in [0.5, 0.6) is 11.5 Å². The third kappa shape index (κ3) is 3.79. The summed E-state index contributed by atoms with van der Waals surface area (Å²) in [6, 6.07) is 5.59. The summed E-state index contributed by atoms with van der Waals surface area (Å²) in [5.41, 5.74) is 0.945. The highest BCUT2D eigenvalue weighted by Crippen LogP contribution is 2.56. The number of methoxy groups -OCH3 is 2. The van der Waals surface area contributed by atoms with Gasteiger partial charge in [-0.3, -0.25) is 9.59 Å². The smallest absolute Gasteiger partial charge is 0.310 e. The summed E-state index contributed by atoms with van der Waals surface area (Å²) in [6.45, 7) is 0.504. The molecule has 6 rings (SSSR count). The number of amides is 1. The van der Waals surface area contributed by atoms with E-state index in [1.54, 1.807) is 14.2 Å². The van der Waals surface area contributed by atoms with Gasteiger partial charge in [-0.25, -0.2) is 0 Å². The summed E-state index contributed by atoms with van der Waals surface area (Å²) in [4.78, 5) is 27.8. The second-order valence-electron chi connectivity index (χ2n) is 9.92. The van der Waals surface area contributed by atoms with Crippen LogP contribution in [-0.4, -0.2) is 44.1 Å². The third-order valence-corrected chi connectivity index (χ3v) is 8.21. The fourth-order valence-corrected chi connectivity index (χ4v) is 7.11. The van der Waals surface area contributed by atoms with Crippen LogP contribution < -0.4 is 9.47 Å². The highest BCUT2D eigenvalue weighted by molar-refractivity contribution is 5.82. The van der Waals surface area contributed by atoms with Crippen molar-refractivity contribution >= 4 is 11.9 Å². The van der Waals surface area contributed by atoms with Gasteiger partial charge in [0.1, 0.15) is 11.5 Å². The van der Waals surface area contributed by atoms with Crippen molar-refractivity contribution < 1.29 is 23.8 Å². The first-order chi connectivity index (χ1) is 15.1. The van der Waals surface area contributed by atoms with E-state index in [9.17, 15) is 9.59 Å². The van der Waals surface area contributed by atoms with E-state index < -0.39 is 0 Å². The van der Waals surface area contributed by atoms with E-state index in [-0.39, 0.29) is 30.4 Å². The standard InChI is InChI=1S/C25H33NO5/c1-29-19-5-6-22(30-2)20(13-19)21-4-3-7-26(21)23(27)14-31-25(28)24-17-9-15-8-16(11-17)12-18(24)10-15/h5-6,13,15-18,21,24H,3-4,7-12,14H2,1-2H3/t15?,16?,17?,18?,21-,24?/m1/s1. The molecule has 1 amide bonds. The highest BCUT2D eigenvalue weighted by Gasteiger charge is 2.51. The van der Waals surface area contributed by atoms with E-state index in [4.69, 9.17) is 14.2 Å². The van der Waals surface area contributed by atoms with Crippen LogP contribution in [0.2, 0.25) is 0 Å². The maximum absolute atomic E-state index is 13.1. The van der Waals surface area contributed by atoms with Crippen LogP contribution in [0.15, 0.2) is 18.2 Å². The second kappa shape index (κ2) is 8.36. The molecule has 6 heteroatoms. The number of likely N-dealkylation sites (tertiary alicyclic amines) is 1. The van der Waals surface area contributed by atoms with Gasteiger partial charge in [-0.1, -0.05) is 0 Å². The average Bonchev–Trinajstić information content (AvgIpc) is 3.26. The van der Waals surface area contributed by atoms with Gasteiger partial charge in [0.05, 0.1) is 26.2 Å². The van der Waals surface area contributed by atoms with Crippen LogP contribution in [0.1, 0.15) is 56.6 Å². The molecule has 5 aliphatic rings. The number of carbonyl (C=O) groups is 2. The van der Waals surface area contributed by atoms with Crippen LogP contribution in [0.4, 0.5) is 0 Å². The Hall–Kier alpha value is -2.24. The molecule has 0 N–H and O–H groups in total. The lowest BCUT2D eigenvalue weighted by Crippen LogP contribution is -2.48. The maximum Gasteiger partial charge on any atom is 0.310 e. The highest BCUT2D eigenvalue weighted by atomic mass is 16.5. The number of rotatable bonds is 6. The number of ether oxygens (including phenoxy) is 3. The molecule has 4 saturated carbocycles. The van der Waals surface area contributed by atoms with Crippen LogP contribution in [0.3, 0.4) is 0 Å². The van der Waals surface area contributed by atoms with Crippen LogP contribution >= 0.6 is 0 Å². The second-order valence-corrected chi connectivity index (χ2v) is 9.92. The molecule has 0 unspecified atom stereocenters. The van der Waals surface area contributed by atoms with E-state index in [0.717, 1.165) is 41.7 Å². The Balaban J connectivity index is 1.24. The zero-order valence-electron chi connectivity index (χ0n) is 18.5. The molecule has 1 aromatic rings. The molecule has 4 bridgehead atoms. The molecule has 5 fully saturated rings. The molecule has 0 radical (unpaired) electrons. The van der Waals surface area contributed by atoms with Crippen molar-refractivity contribution in [2.24, 2.45) is 29.6 Å². The molecule has 1 heterocycles. The normalized spacial score (nSPS) is 33.4. The topological polar surface area (TPSA) is 65.1 Å². The molecule has 0 aromatic heterocycles. The van der Waals surface area contributed by atoms with Crippen molar-refractivity contribution in [1.29, 1.82) is 0 Å². The Bertz CT molecular complexity index is 824. The molecule has 168 valence electrons. The molecule has 1 atom stereocenters. The van der Waals surface area contributed by atoms with Crippen molar-refractivity contribution in [3.8, 4) is 11.5 Å². The van der Waals surface area contributed by atoms with Gasteiger partial charge in [0.2, 0.25) is 0 Å². The van der Waals surface area contributed by atoms with Crippen LogP contribution in [-0.2, 0) is 14.3 Å². The number of nitrogens with zero attached hydrogens (tertiary/aromatic N) is 1. The molecule has 0 spiro atoms. The van der Waals surface area contributed by atoms with Gasteiger partial charge in [0.15, 0.2) is 6.61 Å². The van der Waals surface area contributed by atoms with Crippen LogP contribution in [0.25, 0.3) is 0 Å². The maximum atomic E-state index is 13.1. The van der Waals surface area contributed by atoms with Gasteiger partial charge in [0.25, 0.3) is 5.91 Å². The van der Waals surface area contributed by atoms with Gasteiger partial charge < -0.3 is 19.1 Å². The van der Waals surface area contributed by atoms with E-state index in [0.29, 0.717) is 18.4 Å². The Labute approximate surface area is 184 Å². The molecule has 4 aliphatic carbocycles. The Morgan fingerprint density at radius 3 is 2.35 bits per heavy atom. The first kappa shape index (κ1) is 20.7. The summed E-state index contributed by atoms with van der Waals surface area (Å²) in [6.07, 6.45) is 7.82. The lowest BCUT2D eigenvalue weighted by molar-refractivity contribution is -0.166. The summed E-state index contributed by atoms with van der Waals surface area (Å²) >= 11 is 0. The molecular weight excluding hydrogens is 394 g/mol. The van der Waals surface area contributed by atoms with E-state index >= 15 is 0 Å². The van der Waals surface area contributed by atoms with E-state index in [1.165, 1.54) is 32.1 Å². The summed E-state index contributed by atoms with van der Waals surface area (Å²) in [5, 5.41) is 0. The predicted molar refractivity (Wildman–Crippen MR) is 115 cm³/mol. The SMILES string of the molecule is COc1ccc(OC)c([C@H]2CCCN2C(=O)COC(=O)C2C3CC4CC(C3)CC2C4)c1. The van der Waals surface area contributed by atoms with Gasteiger partial charge >= 0.3 is 5.97 Å². The number of esters is 1. The van der Waals surface area contributed by atoms with Crippen molar-refractivity contribution in [1.82, 2.24) is 4.90 Å². The minimum Gasteiger partial charge on any atom is -0.497 e. The quantitative estimate of drug-likeness (QED) is 0.643. The van der Waals surface area contributed by atoms with Crippen molar-refractivity contribution in [2.75, 3.05) is 27.4 Å². The molecule has 1 aromatic carbocycles.